The van der Waals surface area contributed by atoms with E-state index in [9.17, 15) is 0 Å². The Balaban J connectivity index is 1.72. The van der Waals surface area contributed by atoms with Gasteiger partial charge >= 0.3 is 0 Å². The highest BCUT2D eigenvalue weighted by Crippen LogP contribution is 2.31. The quantitative estimate of drug-likeness (QED) is 0.838. The van der Waals surface area contributed by atoms with Gasteiger partial charge in [-0.15, -0.1) is 0 Å². The first-order valence-corrected chi connectivity index (χ1v) is 8.89. The number of likely N-dealkylation sites (tertiary alicyclic amines) is 1. The summed E-state index contributed by atoms with van der Waals surface area (Å²) >= 11 is 0. The normalized spacial score (nSPS) is 22.9. The standard InChI is InChI=1S/C16H25N7O/c1-21-10-7-12(11-21)22(2)15-16(23-8-5-3-4-6-9-23)18-14-13(17-15)19-24-20-14/h12H,3-11H2,1-2H3/t12-/m0/s1. The molecule has 0 amide bonds. The van der Waals surface area contributed by atoms with Gasteiger partial charge in [0.25, 0.3) is 0 Å². The molecule has 24 heavy (non-hydrogen) atoms. The van der Waals surface area contributed by atoms with E-state index in [1.54, 1.807) is 0 Å². The number of hydrogen-bond acceptors (Lipinski definition) is 8. The van der Waals surface area contributed by atoms with Crippen molar-refractivity contribution in [3.63, 3.8) is 0 Å². The number of hydrogen-bond donors (Lipinski definition) is 0. The average Bonchev–Trinajstić information content (AvgIpc) is 3.14. The van der Waals surface area contributed by atoms with E-state index in [0.717, 1.165) is 44.2 Å². The van der Waals surface area contributed by atoms with Gasteiger partial charge in [0, 0.05) is 32.7 Å². The van der Waals surface area contributed by atoms with Crippen LogP contribution in [0.3, 0.4) is 0 Å². The van der Waals surface area contributed by atoms with Gasteiger partial charge in [0.05, 0.1) is 0 Å². The van der Waals surface area contributed by atoms with E-state index >= 15 is 0 Å². The van der Waals surface area contributed by atoms with Gasteiger partial charge in [0.2, 0.25) is 11.3 Å². The summed E-state index contributed by atoms with van der Waals surface area (Å²) in [6, 6.07) is 0.451. The maximum absolute atomic E-state index is 4.84. The fourth-order valence-electron chi connectivity index (χ4n) is 3.75. The predicted molar refractivity (Wildman–Crippen MR) is 92.4 cm³/mol. The van der Waals surface area contributed by atoms with Crippen molar-refractivity contribution in [3.05, 3.63) is 0 Å². The Morgan fingerprint density at radius 1 is 1.00 bits per heavy atom. The highest BCUT2D eigenvalue weighted by atomic mass is 16.6. The minimum Gasteiger partial charge on any atom is -0.353 e. The first-order valence-electron chi connectivity index (χ1n) is 8.89. The molecule has 130 valence electrons. The Bertz CT molecular complexity index is 695. The number of nitrogens with zero attached hydrogens (tertiary/aromatic N) is 7. The van der Waals surface area contributed by atoms with Crippen molar-refractivity contribution in [2.75, 3.05) is 50.1 Å². The molecule has 0 saturated carbocycles. The molecule has 0 aliphatic carbocycles. The van der Waals surface area contributed by atoms with Gasteiger partial charge in [-0.05, 0) is 43.2 Å². The van der Waals surface area contributed by atoms with Crippen molar-refractivity contribution >= 4 is 22.9 Å². The Kier molecular flexibility index (Phi) is 4.22. The van der Waals surface area contributed by atoms with Gasteiger partial charge in [-0.2, -0.15) is 0 Å². The van der Waals surface area contributed by atoms with Crippen molar-refractivity contribution in [1.29, 1.82) is 0 Å². The van der Waals surface area contributed by atoms with Crippen molar-refractivity contribution < 1.29 is 4.63 Å². The van der Waals surface area contributed by atoms with Crippen molar-refractivity contribution in [2.24, 2.45) is 0 Å². The molecule has 1 atom stereocenters. The van der Waals surface area contributed by atoms with Crippen LogP contribution in [0.5, 0.6) is 0 Å². The molecule has 2 saturated heterocycles. The Morgan fingerprint density at radius 2 is 1.71 bits per heavy atom. The van der Waals surface area contributed by atoms with Gasteiger partial charge in [-0.25, -0.2) is 14.6 Å². The zero-order chi connectivity index (χ0) is 16.5. The molecule has 0 aromatic carbocycles. The molecule has 0 radical (unpaired) electrons. The lowest BCUT2D eigenvalue weighted by Crippen LogP contribution is -2.36. The Hall–Kier alpha value is -1.96. The van der Waals surface area contributed by atoms with Crippen LogP contribution in [0.2, 0.25) is 0 Å². The number of rotatable bonds is 3. The van der Waals surface area contributed by atoms with Crippen LogP contribution in [-0.2, 0) is 0 Å². The van der Waals surface area contributed by atoms with Gasteiger partial charge in [0.1, 0.15) is 0 Å². The first-order chi connectivity index (χ1) is 11.7. The molecule has 2 fully saturated rings. The molecule has 0 bridgehead atoms. The van der Waals surface area contributed by atoms with Crippen LogP contribution < -0.4 is 9.80 Å². The second kappa shape index (κ2) is 6.51. The molecule has 2 aromatic heterocycles. The molecular weight excluding hydrogens is 306 g/mol. The van der Waals surface area contributed by atoms with Crippen LogP contribution in [0.4, 0.5) is 11.6 Å². The van der Waals surface area contributed by atoms with Crippen LogP contribution in [-0.4, -0.2) is 71.5 Å². The third-order valence-electron chi connectivity index (χ3n) is 5.23. The first kappa shape index (κ1) is 15.6. The molecule has 0 N–H and O–H groups in total. The summed E-state index contributed by atoms with van der Waals surface area (Å²) in [7, 11) is 4.29. The van der Waals surface area contributed by atoms with E-state index < -0.39 is 0 Å². The van der Waals surface area contributed by atoms with E-state index in [1.807, 2.05) is 0 Å². The topological polar surface area (TPSA) is 74.4 Å². The van der Waals surface area contributed by atoms with E-state index in [-0.39, 0.29) is 0 Å². The molecular formula is C16H25N7O. The summed E-state index contributed by atoms with van der Waals surface area (Å²) < 4.78 is 4.84. The van der Waals surface area contributed by atoms with E-state index in [2.05, 4.69) is 39.1 Å². The minimum atomic E-state index is 0.451. The second-order valence-electron chi connectivity index (χ2n) is 7.00. The third kappa shape index (κ3) is 2.90. The van der Waals surface area contributed by atoms with Gasteiger partial charge in [0.15, 0.2) is 11.6 Å². The molecule has 4 rings (SSSR count). The Labute approximate surface area is 141 Å². The van der Waals surface area contributed by atoms with Crippen LogP contribution >= 0.6 is 0 Å². The summed E-state index contributed by atoms with van der Waals surface area (Å²) in [4.78, 5) is 16.5. The van der Waals surface area contributed by atoms with Crippen molar-refractivity contribution in [1.82, 2.24) is 25.2 Å². The monoisotopic (exact) mass is 331 g/mol. The fraction of sp³-hybridized carbons (Fsp3) is 0.750. The molecule has 2 aromatic rings. The maximum Gasteiger partial charge on any atom is 0.245 e. The fourth-order valence-corrected chi connectivity index (χ4v) is 3.75. The summed E-state index contributed by atoms with van der Waals surface area (Å²) in [5.74, 6) is 1.83. The number of anilines is 2. The number of fused-ring (bicyclic) bond motifs is 1. The van der Waals surface area contributed by atoms with E-state index in [4.69, 9.17) is 14.6 Å². The summed E-state index contributed by atoms with van der Waals surface area (Å²) in [6.07, 6.45) is 6.12. The number of likely N-dealkylation sites (N-methyl/N-ethyl adjacent to an activating group) is 2. The third-order valence-corrected chi connectivity index (χ3v) is 5.23. The predicted octanol–water partition coefficient (Wildman–Crippen LogP) is 1.53. The largest absolute Gasteiger partial charge is 0.353 e. The lowest BCUT2D eigenvalue weighted by atomic mass is 10.2. The van der Waals surface area contributed by atoms with Gasteiger partial charge in [-0.3, -0.25) is 0 Å². The van der Waals surface area contributed by atoms with E-state index in [1.165, 1.54) is 25.7 Å². The van der Waals surface area contributed by atoms with Crippen molar-refractivity contribution in [3.8, 4) is 0 Å². The average molecular weight is 331 g/mol. The van der Waals surface area contributed by atoms with Gasteiger partial charge in [-0.1, -0.05) is 12.8 Å². The van der Waals surface area contributed by atoms with Crippen LogP contribution in [0.15, 0.2) is 4.63 Å². The molecule has 8 heteroatoms. The highest BCUT2D eigenvalue weighted by Gasteiger charge is 2.29. The summed E-state index contributed by atoms with van der Waals surface area (Å²) in [5, 5.41) is 7.79. The minimum absolute atomic E-state index is 0.451. The molecule has 2 aliphatic heterocycles. The second-order valence-corrected chi connectivity index (χ2v) is 7.00. The molecule has 0 spiro atoms. The summed E-state index contributed by atoms with van der Waals surface area (Å²) in [6.45, 7) is 4.22. The molecule has 8 nitrogen and oxygen atoms in total. The lowest BCUT2D eigenvalue weighted by molar-refractivity contribution is 0.314. The highest BCUT2D eigenvalue weighted by molar-refractivity contribution is 5.74. The zero-order valence-corrected chi connectivity index (χ0v) is 14.5. The SMILES string of the molecule is CN1CC[C@H](N(C)c2nc3nonc3nc2N2CCCCCC2)C1. The Morgan fingerprint density at radius 3 is 2.38 bits per heavy atom. The molecule has 4 heterocycles. The number of aromatic nitrogens is 4. The van der Waals surface area contributed by atoms with E-state index in [0.29, 0.717) is 17.3 Å². The van der Waals surface area contributed by atoms with Crippen molar-refractivity contribution in [2.45, 2.75) is 38.1 Å². The maximum atomic E-state index is 4.84. The van der Waals surface area contributed by atoms with Crippen LogP contribution in [0, 0.1) is 0 Å². The summed E-state index contributed by atoms with van der Waals surface area (Å²) in [5.41, 5.74) is 0.983. The van der Waals surface area contributed by atoms with Crippen LogP contribution in [0.25, 0.3) is 11.3 Å². The van der Waals surface area contributed by atoms with Gasteiger partial charge < -0.3 is 14.7 Å². The smallest absolute Gasteiger partial charge is 0.245 e. The molecule has 0 unspecified atom stereocenters. The molecule has 2 aliphatic rings. The zero-order valence-electron chi connectivity index (χ0n) is 14.5. The lowest BCUT2D eigenvalue weighted by Gasteiger charge is -2.30. The van der Waals surface area contributed by atoms with Crippen LogP contribution in [0.1, 0.15) is 32.1 Å².